The average Bonchev–Trinajstić information content (AvgIpc) is 2.96. The van der Waals surface area contributed by atoms with E-state index in [1.165, 1.54) is 89.0 Å². The quantitative estimate of drug-likeness (QED) is 0.0624. The monoisotopic (exact) mass is 641 g/mol. The summed E-state index contributed by atoms with van der Waals surface area (Å²) in [6.45, 7) is 7.14. The number of rotatable bonds is 30. The van der Waals surface area contributed by atoms with Crippen molar-refractivity contribution in [2.45, 2.75) is 123 Å². The Hall–Kier alpha value is -1.28. The lowest BCUT2D eigenvalue weighted by Crippen LogP contribution is -2.22. The van der Waals surface area contributed by atoms with Gasteiger partial charge in [-0.1, -0.05) is 90.4 Å². The Morgan fingerprint density at radius 2 is 1.28 bits per heavy atom. The summed E-state index contributed by atoms with van der Waals surface area (Å²) in [5.41, 5.74) is 1.26. The van der Waals surface area contributed by atoms with E-state index in [4.69, 9.17) is 29.0 Å². The van der Waals surface area contributed by atoms with Crippen molar-refractivity contribution in [3.05, 3.63) is 11.8 Å². The van der Waals surface area contributed by atoms with Gasteiger partial charge in [0.15, 0.2) is 0 Å². The van der Waals surface area contributed by atoms with Gasteiger partial charge in [-0.25, -0.2) is 0 Å². The van der Waals surface area contributed by atoms with Crippen molar-refractivity contribution in [3.63, 3.8) is 0 Å². The van der Waals surface area contributed by atoms with Gasteiger partial charge in [0.05, 0.1) is 59.3 Å². The van der Waals surface area contributed by atoms with Crippen LogP contribution in [0.15, 0.2) is 11.8 Å². The van der Waals surface area contributed by atoms with E-state index in [2.05, 4.69) is 29.1 Å². The number of hydrogen-bond acceptors (Lipinski definition) is 9. The fourth-order valence-corrected chi connectivity index (χ4v) is 4.27. The minimum absolute atomic E-state index is 0.00456. The first-order chi connectivity index (χ1) is 20.6. The molecule has 0 fully saturated rings. The molecule has 0 radical (unpaired) electrons. The number of nitrogens with zero attached hydrogens (tertiary/aromatic N) is 1. The maximum atomic E-state index is 10.6. The van der Waals surface area contributed by atoms with Crippen molar-refractivity contribution in [3.8, 4) is 0 Å². The molecule has 0 aromatic carbocycles. The van der Waals surface area contributed by atoms with Gasteiger partial charge in [0, 0.05) is 19.8 Å². The van der Waals surface area contributed by atoms with Crippen LogP contribution in [0.4, 0.5) is 0 Å². The van der Waals surface area contributed by atoms with Crippen LogP contribution >= 0.6 is 0 Å². The number of unbranched alkanes of at least 4 members (excludes halogenated alkanes) is 13. The molecule has 0 aliphatic carbocycles. The first-order valence-electron chi connectivity index (χ1n) is 16.1. The number of hydrogen-bond donors (Lipinski definition) is 3. The second-order valence-electron chi connectivity index (χ2n) is 10.7. The third kappa shape index (κ3) is 36.8. The molecule has 0 heterocycles. The van der Waals surface area contributed by atoms with Crippen molar-refractivity contribution in [1.82, 2.24) is 4.90 Å². The third-order valence-electron chi connectivity index (χ3n) is 6.82. The lowest BCUT2D eigenvalue weighted by atomic mass is 10.0. The SMILES string of the molecule is CCCCCCCCCCCCCCCCC(=CN(C)CCOCCC(=O)O)C(C)OCCOCCO.COS(=O)(=O)O. The molecule has 1 atom stereocenters. The molecule has 43 heavy (non-hydrogen) atoms. The third-order valence-corrected chi connectivity index (χ3v) is 7.24. The molecule has 0 aromatic heterocycles. The van der Waals surface area contributed by atoms with Gasteiger partial charge in [-0.3, -0.25) is 13.5 Å². The van der Waals surface area contributed by atoms with Crippen LogP contribution in [0.2, 0.25) is 0 Å². The lowest BCUT2D eigenvalue weighted by Gasteiger charge is -2.22. The highest BCUT2D eigenvalue weighted by molar-refractivity contribution is 7.80. The predicted molar refractivity (Wildman–Crippen MR) is 171 cm³/mol. The maximum absolute atomic E-state index is 10.6. The summed E-state index contributed by atoms with van der Waals surface area (Å²) in [7, 11) is -1.27. The second-order valence-corrected chi connectivity index (χ2v) is 11.9. The van der Waals surface area contributed by atoms with E-state index in [1.807, 2.05) is 7.05 Å². The Bertz CT molecular complexity index is 749. The molecule has 12 heteroatoms. The summed E-state index contributed by atoms with van der Waals surface area (Å²) in [4.78, 5) is 12.7. The highest BCUT2D eigenvalue weighted by atomic mass is 32.3. The van der Waals surface area contributed by atoms with E-state index in [0.717, 1.165) is 20.0 Å². The summed E-state index contributed by atoms with van der Waals surface area (Å²) in [5.74, 6) is -0.836. The summed E-state index contributed by atoms with van der Waals surface area (Å²) < 4.78 is 46.4. The highest BCUT2D eigenvalue weighted by Crippen LogP contribution is 2.18. The van der Waals surface area contributed by atoms with Crippen molar-refractivity contribution >= 4 is 16.4 Å². The van der Waals surface area contributed by atoms with Gasteiger partial charge < -0.3 is 29.3 Å². The van der Waals surface area contributed by atoms with Gasteiger partial charge in [-0.2, -0.15) is 8.42 Å². The van der Waals surface area contributed by atoms with E-state index < -0.39 is 16.4 Å². The Morgan fingerprint density at radius 3 is 1.74 bits per heavy atom. The average molecular weight is 642 g/mol. The molecule has 1 unspecified atom stereocenters. The first-order valence-corrected chi connectivity index (χ1v) is 17.5. The van der Waals surface area contributed by atoms with E-state index in [9.17, 15) is 13.2 Å². The Labute approximate surface area is 262 Å². The van der Waals surface area contributed by atoms with Gasteiger partial charge in [0.1, 0.15) is 0 Å². The van der Waals surface area contributed by atoms with E-state index in [1.54, 1.807) is 0 Å². The number of ether oxygens (including phenoxy) is 3. The molecule has 0 aliphatic rings. The first kappa shape index (κ1) is 43.8. The Balaban J connectivity index is 0. The Kier molecular flexibility index (Phi) is 32.8. The standard InChI is InChI=1S/C30H59NO6.CH4O4S/c1-4-5-6-7-8-9-10-11-12-13-14-15-16-17-18-29(28(2)37-26-25-36-24-21-32)27-31(3)20-23-35-22-19-30(33)34;1-5-6(2,3)4/h27-28,32H,4-26H2,1-3H3,(H,33,34);1H3,(H,2,3,4). The molecule has 0 rings (SSSR count). The zero-order valence-corrected chi connectivity index (χ0v) is 28.3. The van der Waals surface area contributed by atoms with Crippen LogP contribution in [0.25, 0.3) is 0 Å². The minimum Gasteiger partial charge on any atom is -0.481 e. The molecular formula is C31H63NO10S. The van der Waals surface area contributed by atoms with Crippen LogP contribution in [0.3, 0.4) is 0 Å². The zero-order chi connectivity index (χ0) is 32.6. The number of aliphatic hydroxyl groups is 1. The molecule has 0 amide bonds. The molecular weight excluding hydrogens is 578 g/mol. The van der Waals surface area contributed by atoms with E-state index in [-0.39, 0.29) is 25.7 Å². The molecule has 3 N–H and O–H groups in total. The molecule has 258 valence electrons. The number of carboxylic acid groups (broad SMARTS) is 1. The van der Waals surface area contributed by atoms with Crippen LogP contribution in [0.5, 0.6) is 0 Å². The fourth-order valence-electron chi connectivity index (χ4n) is 4.27. The van der Waals surface area contributed by atoms with Crippen LogP contribution < -0.4 is 0 Å². The van der Waals surface area contributed by atoms with Crippen LogP contribution in [-0.4, -0.2) is 101 Å². The second kappa shape index (κ2) is 32.1. The van der Waals surface area contributed by atoms with Crippen molar-refractivity contribution in [2.24, 2.45) is 0 Å². The molecule has 0 aromatic rings. The smallest absolute Gasteiger partial charge is 0.397 e. The molecule has 0 spiro atoms. The summed E-state index contributed by atoms with van der Waals surface area (Å²) in [5, 5.41) is 17.5. The molecule has 0 saturated heterocycles. The van der Waals surface area contributed by atoms with Gasteiger partial charge in [0.25, 0.3) is 0 Å². The lowest BCUT2D eigenvalue weighted by molar-refractivity contribution is -0.138. The van der Waals surface area contributed by atoms with Crippen molar-refractivity contribution in [1.29, 1.82) is 0 Å². The molecule has 11 nitrogen and oxygen atoms in total. The fraction of sp³-hybridized carbons (Fsp3) is 0.903. The number of likely N-dealkylation sites (N-methyl/N-ethyl adjacent to an activating group) is 1. The van der Waals surface area contributed by atoms with Crippen LogP contribution in [-0.2, 0) is 33.6 Å². The summed E-state index contributed by atoms with van der Waals surface area (Å²) >= 11 is 0. The molecule has 0 saturated carbocycles. The zero-order valence-electron chi connectivity index (χ0n) is 27.5. The predicted octanol–water partition coefficient (Wildman–Crippen LogP) is 6.01. The number of aliphatic carboxylic acids is 1. The topological polar surface area (TPSA) is 152 Å². The van der Waals surface area contributed by atoms with Crippen molar-refractivity contribution < 1.29 is 46.4 Å². The van der Waals surface area contributed by atoms with Crippen LogP contribution in [0.1, 0.15) is 117 Å². The Morgan fingerprint density at radius 1 is 0.791 bits per heavy atom. The number of carbonyl (C=O) groups is 1. The van der Waals surface area contributed by atoms with E-state index >= 15 is 0 Å². The van der Waals surface area contributed by atoms with Gasteiger partial charge in [-0.15, -0.1) is 0 Å². The van der Waals surface area contributed by atoms with Gasteiger partial charge in [0.2, 0.25) is 0 Å². The summed E-state index contributed by atoms with van der Waals surface area (Å²) in [6.07, 6.45) is 22.1. The summed E-state index contributed by atoms with van der Waals surface area (Å²) in [6, 6.07) is 0. The largest absolute Gasteiger partial charge is 0.481 e. The van der Waals surface area contributed by atoms with Crippen LogP contribution in [0, 0.1) is 0 Å². The van der Waals surface area contributed by atoms with Crippen molar-refractivity contribution in [2.75, 3.05) is 60.3 Å². The molecule has 0 bridgehead atoms. The highest BCUT2D eigenvalue weighted by Gasteiger charge is 2.11. The van der Waals surface area contributed by atoms with E-state index in [0.29, 0.717) is 33.0 Å². The van der Waals surface area contributed by atoms with Gasteiger partial charge in [-0.05, 0) is 25.3 Å². The van der Waals surface area contributed by atoms with Gasteiger partial charge >= 0.3 is 16.4 Å². The number of aliphatic hydroxyl groups excluding tert-OH is 1. The number of carboxylic acids is 1. The maximum Gasteiger partial charge on any atom is 0.397 e. The molecule has 0 aliphatic heterocycles. The normalized spacial score (nSPS) is 12.6. The minimum atomic E-state index is -4.16.